The van der Waals surface area contributed by atoms with Crippen LogP contribution >= 0.6 is 0 Å². The first-order valence-corrected chi connectivity index (χ1v) is 13.8. The highest BCUT2D eigenvalue weighted by molar-refractivity contribution is 5.84. The van der Waals surface area contributed by atoms with Gasteiger partial charge in [-0.2, -0.15) is 0 Å². The van der Waals surface area contributed by atoms with Crippen molar-refractivity contribution in [3.05, 3.63) is 0 Å². The first-order valence-electron chi connectivity index (χ1n) is 13.8. The summed E-state index contributed by atoms with van der Waals surface area (Å²) in [6, 6.07) is 0.506. The van der Waals surface area contributed by atoms with E-state index < -0.39 is 0 Å². The van der Waals surface area contributed by atoms with Crippen LogP contribution in [0.2, 0.25) is 0 Å². The zero-order chi connectivity index (χ0) is 24.1. The van der Waals surface area contributed by atoms with Gasteiger partial charge in [0.05, 0.1) is 44.4 Å². The molecule has 34 heavy (non-hydrogen) atoms. The maximum absolute atomic E-state index is 13.5. The second kappa shape index (κ2) is 12.6. The van der Waals surface area contributed by atoms with Gasteiger partial charge in [-0.25, -0.2) is 0 Å². The normalized spacial score (nSPS) is 41.5. The Morgan fingerprint density at radius 1 is 1.06 bits per heavy atom. The number of nitrogens with one attached hydrogen (secondary N) is 1. The van der Waals surface area contributed by atoms with Gasteiger partial charge in [0.15, 0.2) is 0 Å². The number of ether oxygens (including phenoxy) is 3. The van der Waals surface area contributed by atoms with Crippen LogP contribution in [-0.4, -0.2) is 102 Å². The number of Topliss-reactive ketones (excluding diaryl/α,β-unsaturated/α-hetero) is 1. The Kier molecular flexibility index (Phi) is 9.78. The Morgan fingerprint density at radius 2 is 1.88 bits per heavy atom. The number of nitrogens with zero attached hydrogens (tertiary/aromatic N) is 1. The third-order valence-electron chi connectivity index (χ3n) is 9.58. The largest absolute Gasteiger partial charge is 0.379 e. The molecule has 0 radical (unpaired) electrons. The summed E-state index contributed by atoms with van der Waals surface area (Å²) in [7, 11) is 7.62. The first kappa shape index (κ1) is 26.5. The van der Waals surface area contributed by atoms with Gasteiger partial charge in [0.2, 0.25) is 0 Å². The SMILES string of the molecule is C[NH2+]C1CCC2CC(OC)C(OC)C(OC)C2C2CCC(NCCCN3CC[NH2+]C3)C(=O)CC12. The number of methoxy groups -OCH3 is 3. The summed E-state index contributed by atoms with van der Waals surface area (Å²) >= 11 is 0. The van der Waals surface area contributed by atoms with Gasteiger partial charge >= 0.3 is 0 Å². The standard InChI is InChI=1S/C26H48N4O4/c1-27-20-8-6-17-14-23(32-2)25(33-3)26(34-4)24(17)18-7-9-21(22(31)15-19(18)20)29-10-5-12-30-13-11-28-16-30/h17-21,23-29H,5-16H2,1-4H3/p+2. The number of carbonyl (C=O) groups is 1. The Labute approximate surface area is 206 Å². The van der Waals surface area contributed by atoms with Crippen molar-refractivity contribution in [3.8, 4) is 0 Å². The highest BCUT2D eigenvalue weighted by Crippen LogP contribution is 2.50. The molecule has 0 amide bonds. The molecule has 5 N–H and O–H groups in total. The summed E-state index contributed by atoms with van der Waals surface area (Å²) in [5.41, 5.74) is 0. The highest BCUT2D eigenvalue weighted by atomic mass is 16.6. The van der Waals surface area contributed by atoms with Gasteiger partial charge in [-0.15, -0.1) is 0 Å². The quantitative estimate of drug-likeness (QED) is 0.373. The number of ketones is 1. The molecule has 3 saturated carbocycles. The van der Waals surface area contributed by atoms with Gasteiger partial charge in [-0.05, 0) is 62.8 Å². The van der Waals surface area contributed by atoms with Gasteiger partial charge in [-0.3, -0.25) is 9.69 Å². The van der Waals surface area contributed by atoms with E-state index in [0.29, 0.717) is 41.9 Å². The number of fused-ring (bicyclic) bond motifs is 3. The minimum Gasteiger partial charge on any atom is -0.379 e. The molecular weight excluding hydrogens is 432 g/mol. The van der Waals surface area contributed by atoms with Gasteiger partial charge in [0.25, 0.3) is 0 Å². The molecule has 0 aromatic carbocycles. The topological polar surface area (TPSA) is 93.2 Å². The van der Waals surface area contributed by atoms with Crippen molar-refractivity contribution in [2.45, 2.75) is 75.3 Å². The zero-order valence-corrected chi connectivity index (χ0v) is 21.9. The number of carbonyl (C=O) groups excluding carboxylic acids is 1. The smallest absolute Gasteiger partial charge is 0.150 e. The fourth-order valence-corrected chi connectivity index (χ4v) is 7.88. The molecule has 0 aromatic heterocycles. The number of quaternary nitrogens is 2. The molecule has 3 aliphatic carbocycles. The minimum absolute atomic E-state index is 0.00237. The Hall–Kier alpha value is -0.610. The van der Waals surface area contributed by atoms with E-state index in [9.17, 15) is 4.79 Å². The molecule has 4 aliphatic rings. The summed E-state index contributed by atoms with van der Waals surface area (Å²) in [6.45, 7) is 5.58. The Morgan fingerprint density at radius 3 is 2.56 bits per heavy atom. The monoisotopic (exact) mass is 482 g/mol. The fraction of sp³-hybridized carbons (Fsp3) is 0.962. The molecule has 4 fully saturated rings. The lowest BCUT2D eigenvalue weighted by Gasteiger charge is -2.48. The number of hydrogen-bond acceptors (Lipinski definition) is 6. The molecule has 4 rings (SSSR count). The van der Waals surface area contributed by atoms with E-state index in [0.717, 1.165) is 45.4 Å². The third-order valence-corrected chi connectivity index (χ3v) is 9.58. The van der Waals surface area contributed by atoms with Crippen molar-refractivity contribution < 1.29 is 29.6 Å². The molecule has 8 nitrogen and oxygen atoms in total. The summed E-state index contributed by atoms with van der Waals surface area (Å²) in [5, 5.41) is 8.40. The predicted molar refractivity (Wildman–Crippen MR) is 130 cm³/mol. The lowest BCUT2D eigenvalue weighted by Crippen LogP contribution is -2.88. The van der Waals surface area contributed by atoms with Crippen molar-refractivity contribution in [2.75, 3.05) is 61.2 Å². The van der Waals surface area contributed by atoms with Gasteiger partial charge in [0.1, 0.15) is 18.6 Å². The van der Waals surface area contributed by atoms with Crippen LogP contribution in [0.15, 0.2) is 0 Å². The summed E-state index contributed by atoms with van der Waals surface area (Å²) in [6.07, 6.45) is 7.28. The van der Waals surface area contributed by atoms with Crippen LogP contribution in [0.5, 0.6) is 0 Å². The van der Waals surface area contributed by atoms with Crippen molar-refractivity contribution in [1.82, 2.24) is 10.2 Å². The van der Waals surface area contributed by atoms with E-state index in [2.05, 4.69) is 27.9 Å². The van der Waals surface area contributed by atoms with Gasteiger partial charge in [-0.1, -0.05) is 0 Å². The molecule has 0 spiro atoms. The highest BCUT2D eigenvalue weighted by Gasteiger charge is 2.54. The summed E-state index contributed by atoms with van der Waals surface area (Å²) < 4.78 is 18.0. The molecule has 1 saturated heterocycles. The summed E-state index contributed by atoms with van der Waals surface area (Å²) in [5.74, 6) is 2.32. The van der Waals surface area contributed by atoms with Crippen molar-refractivity contribution in [1.29, 1.82) is 0 Å². The second-order valence-electron chi connectivity index (χ2n) is 11.1. The first-order chi connectivity index (χ1) is 16.6. The molecular formula is C26H50N4O4+2. The van der Waals surface area contributed by atoms with Crippen LogP contribution in [0.1, 0.15) is 44.9 Å². The molecule has 1 heterocycles. The van der Waals surface area contributed by atoms with Crippen molar-refractivity contribution in [3.63, 3.8) is 0 Å². The van der Waals surface area contributed by atoms with Crippen LogP contribution < -0.4 is 16.0 Å². The van der Waals surface area contributed by atoms with Crippen LogP contribution in [0.4, 0.5) is 0 Å². The molecule has 9 unspecified atom stereocenters. The maximum Gasteiger partial charge on any atom is 0.150 e. The van der Waals surface area contributed by atoms with Crippen molar-refractivity contribution in [2.24, 2.45) is 23.7 Å². The molecule has 1 aliphatic heterocycles. The zero-order valence-electron chi connectivity index (χ0n) is 21.9. The van der Waals surface area contributed by atoms with Crippen molar-refractivity contribution >= 4 is 5.78 Å². The number of hydrogen-bond donors (Lipinski definition) is 3. The van der Waals surface area contributed by atoms with E-state index in [1.54, 1.807) is 14.2 Å². The average Bonchev–Trinajstić information content (AvgIpc) is 3.26. The van der Waals surface area contributed by atoms with Crippen LogP contribution in [0.25, 0.3) is 0 Å². The van der Waals surface area contributed by atoms with E-state index >= 15 is 0 Å². The Bertz CT molecular complexity index is 646. The predicted octanol–water partition coefficient (Wildman–Crippen LogP) is -0.807. The number of nitrogens with two attached hydrogens (primary N) is 2. The van der Waals surface area contributed by atoms with Crippen LogP contribution in [0, 0.1) is 23.7 Å². The van der Waals surface area contributed by atoms with E-state index in [1.165, 1.54) is 25.9 Å². The minimum atomic E-state index is -0.0465. The van der Waals surface area contributed by atoms with Crippen LogP contribution in [0.3, 0.4) is 0 Å². The molecule has 9 atom stereocenters. The van der Waals surface area contributed by atoms with E-state index in [4.69, 9.17) is 14.2 Å². The van der Waals surface area contributed by atoms with E-state index in [-0.39, 0.29) is 24.4 Å². The maximum atomic E-state index is 13.5. The Balaban J connectivity index is 1.46. The summed E-state index contributed by atoms with van der Waals surface area (Å²) in [4.78, 5) is 16.0. The van der Waals surface area contributed by atoms with Gasteiger partial charge < -0.3 is 30.2 Å². The number of rotatable bonds is 9. The second-order valence-corrected chi connectivity index (χ2v) is 11.1. The van der Waals surface area contributed by atoms with E-state index in [1.807, 2.05) is 7.11 Å². The molecule has 196 valence electrons. The molecule has 8 heteroatoms. The molecule has 0 bridgehead atoms. The lowest BCUT2D eigenvalue weighted by atomic mass is 9.64. The molecule has 0 aromatic rings. The average molecular weight is 483 g/mol. The lowest BCUT2D eigenvalue weighted by molar-refractivity contribution is -0.672. The third kappa shape index (κ3) is 5.69. The van der Waals surface area contributed by atoms with Gasteiger partial charge in [0, 0.05) is 40.2 Å². The van der Waals surface area contributed by atoms with Crippen LogP contribution in [-0.2, 0) is 19.0 Å². The fourth-order valence-electron chi connectivity index (χ4n) is 7.88.